The third-order valence-corrected chi connectivity index (χ3v) is 3.30. The summed E-state index contributed by atoms with van der Waals surface area (Å²) in [7, 11) is 1.89. The second kappa shape index (κ2) is 5.10. The second-order valence-corrected chi connectivity index (χ2v) is 4.66. The topological polar surface area (TPSA) is 32.3 Å². The van der Waals surface area contributed by atoms with Crippen molar-refractivity contribution < 1.29 is 4.79 Å². The van der Waals surface area contributed by atoms with E-state index in [2.05, 4.69) is 17.2 Å². The maximum absolute atomic E-state index is 12.1. The number of hydrogen-bond donors (Lipinski definition) is 1. The summed E-state index contributed by atoms with van der Waals surface area (Å²) >= 11 is 0. The number of rotatable bonds is 0. The normalized spacial score (nSPS) is 16.8. The third-order valence-electron chi connectivity index (χ3n) is 3.30. The van der Waals surface area contributed by atoms with E-state index < -0.39 is 6.04 Å². The average Bonchev–Trinajstić information content (AvgIpc) is 2.48. The second-order valence-electron chi connectivity index (χ2n) is 4.66. The highest BCUT2D eigenvalue weighted by Crippen LogP contribution is 2.30. The maximum atomic E-state index is 12.1. The molecule has 1 amide bonds. The van der Waals surface area contributed by atoms with Crippen LogP contribution in [0.3, 0.4) is 0 Å². The highest BCUT2D eigenvalue weighted by molar-refractivity contribution is 6.05. The summed E-state index contributed by atoms with van der Waals surface area (Å²) in [6.45, 7) is 0. The van der Waals surface area contributed by atoms with Gasteiger partial charge in [0.1, 0.15) is 0 Å². The van der Waals surface area contributed by atoms with Gasteiger partial charge in [0.25, 0.3) is 5.91 Å². The van der Waals surface area contributed by atoms with Crippen LogP contribution in [0.5, 0.6) is 0 Å². The van der Waals surface area contributed by atoms with Crippen LogP contribution < -0.4 is 10.2 Å². The predicted octanol–water partition coefficient (Wildman–Crippen LogP) is 2.50. The van der Waals surface area contributed by atoms with Crippen molar-refractivity contribution in [3.63, 3.8) is 0 Å². The molecule has 0 radical (unpaired) electrons. The Labute approximate surface area is 118 Å². The van der Waals surface area contributed by atoms with E-state index in [0.29, 0.717) is 0 Å². The van der Waals surface area contributed by atoms with Crippen LogP contribution in [0.1, 0.15) is 5.56 Å². The lowest BCUT2D eigenvalue weighted by atomic mass is 10.1. The van der Waals surface area contributed by atoms with Gasteiger partial charge in [0.15, 0.2) is 6.04 Å². The highest BCUT2D eigenvalue weighted by atomic mass is 16.2. The number of benzene rings is 2. The summed E-state index contributed by atoms with van der Waals surface area (Å²) in [5.74, 6) is 6.01. The quantitative estimate of drug-likeness (QED) is 0.740. The van der Waals surface area contributed by atoms with Gasteiger partial charge in [-0.2, -0.15) is 0 Å². The molecule has 1 aliphatic rings. The van der Waals surface area contributed by atoms with Gasteiger partial charge in [0, 0.05) is 12.6 Å². The number of carbonyl (C=O) groups is 1. The molecule has 3 nitrogen and oxygen atoms in total. The van der Waals surface area contributed by atoms with Crippen LogP contribution in [0.25, 0.3) is 0 Å². The van der Waals surface area contributed by atoms with E-state index in [0.717, 1.165) is 16.9 Å². The van der Waals surface area contributed by atoms with E-state index in [4.69, 9.17) is 0 Å². The molecule has 1 heterocycles. The molecule has 0 spiro atoms. The van der Waals surface area contributed by atoms with Crippen molar-refractivity contribution >= 4 is 17.3 Å². The van der Waals surface area contributed by atoms with Crippen molar-refractivity contribution in [2.24, 2.45) is 0 Å². The smallest absolute Gasteiger partial charge is 0.259 e. The van der Waals surface area contributed by atoms with Crippen LogP contribution in [0.15, 0.2) is 54.6 Å². The van der Waals surface area contributed by atoms with E-state index in [-0.39, 0.29) is 5.91 Å². The summed E-state index contributed by atoms with van der Waals surface area (Å²) in [5.41, 5.74) is 2.73. The highest BCUT2D eigenvalue weighted by Gasteiger charge is 2.28. The Kier molecular flexibility index (Phi) is 3.14. The van der Waals surface area contributed by atoms with Crippen LogP contribution in [-0.2, 0) is 4.79 Å². The van der Waals surface area contributed by atoms with Crippen molar-refractivity contribution in [3.05, 3.63) is 60.2 Å². The molecule has 1 N–H and O–H groups in total. The number of likely N-dealkylation sites (N-methyl/N-ethyl adjacent to an activating group) is 1. The number of hydrogen-bond acceptors (Lipinski definition) is 2. The molecule has 0 bridgehead atoms. The number of amides is 1. The van der Waals surface area contributed by atoms with Crippen LogP contribution >= 0.6 is 0 Å². The van der Waals surface area contributed by atoms with Gasteiger partial charge in [0.05, 0.1) is 11.4 Å². The molecule has 3 heteroatoms. The molecular weight excluding hydrogens is 248 g/mol. The van der Waals surface area contributed by atoms with Crippen LogP contribution in [0, 0.1) is 11.8 Å². The van der Waals surface area contributed by atoms with Gasteiger partial charge in [-0.1, -0.05) is 42.2 Å². The molecule has 2 aromatic rings. The Morgan fingerprint density at radius 2 is 1.75 bits per heavy atom. The van der Waals surface area contributed by atoms with Gasteiger partial charge in [-0.3, -0.25) is 4.79 Å². The lowest BCUT2D eigenvalue weighted by Gasteiger charge is -2.32. The van der Waals surface area contributed by atoms with Crippen molar-refractivity contribution in [1.82, 2.24) is 0 Å². The van der Waals surface area contributed by atoms with E-state index in [1.54, 1.807) is 0 Å². The minimum absolute atomic E-state index is 0.0883. The number of anilines is 2. The lowest BCUT2D eigenvalue weighted by Crippen LogP contribution is -2.45. The molecule has 20 heavy (non-hydrogen) atoms. The Hall–Kier alpha value is -2.73. The van der Waals surface area contributed by atoms with E-state index in [1.165, 1.54) is 0 Å². The first-order valence-electron chi connectivity index (χ1n) is 6.45. The molecule has 1 aliphatic heterocycles. The molecule has 0 aliphatic carbocycles. The molecule has 0 fully saturated rings. The molecule has 0 saturated carbocycles. The lowest BCUT2D eigenvalue weighted by molar-refractivity contribution is -0.116. The average molecular weight is 262 g/mol. The zero-order valence-corrected chi connectivity index (χ0v) is 11.1. The minimum atomic E-state index is -0.467. The summed E-state index contributed by atoms with van der Waals surface area (Å²) < 4.78 is 0. The number of carbonyl (C=O) groups excluding carboxylic acids is 1. The molecular formula is C17H14N2O. The largest absolute Gasteiger partial charge is 0.351 e. The molecule has 0 unspecified atom stereocenters. The predicted molar refractivity (Wildman–Crippen MR) is 80.6 cm³/mol. The number of fused-ring (bicyclic) bond motifs is 1. The van der Waals surface area contributed by atoms with Gasteiger partial charge in [-0.05, 0) is 24.3 Å². The minimum Gasteiger partial charge on any atom is -0.351 e. The summed E-state index contributed by atoms with van der Waals surface area (Å²) in [6.07, 6.45) is 0. The Balaban J connectivity index is 1.92. The molecule has 2 aromatic carbocycles. The monoisotopic (exact) mass is 262 g/mol. The first-order valence-corrected chi connectivity index (χ1v) is 6.45. The van der Waals surface area contributed by atoms with Gasteiger partial charge >= 0.3 is 0 Å². The molecule has 1 atom stereocenters. The molecule has 0 saturated heterocycles. The maximum Gasteiger partial charge on any atom is 0.259 e. The summed E-state index contributed by atoms with van der Waals surface area (Å²) in [5, 5.41) is 2.89. The number of nitrogens with zero attached hydrogens (tertiary/aromatic N) is 1. The SMILES string of the molecule is CN1c2ccccc2NC(=O)[C@H]1C#Cc1ccccc1. The fraction of sp³-hybridized carbons (Fsp3) is 0.118. The first-order chi connectivity index (χ1) is 9.75. The zero-order chi connectivity index (χ0) is 13.9. The van der Waals surface area contributed by atoms with Crippen molar-refractivity contribution in [3.8, 4) is 11.8 Å². The third kappa shape index (κ3) is 2.24. The molecule has 0 aromatic heterocycles. The van der Waals surface area contributed by atoms with Crippen molar-refractivity contribution in [2.75, 3.05) is 17.3 Å². The van der Waals surface area contributed by atoms with Crippen molar-refractivity contribution in [1.29, 1.82) is 0 Å². The summed E-state index contributed by atoms with van der Waals surface area (Å²) in [6, 6.07) is 16.9. The standard InChI is InChI=1S/C17H14N2O/c1-19-15-10-6-5-9-14(15)18-17(20)16(19)12-11-13-7-3-2-4-8-13/h2-10,16H,1H3,(H,18,20)/t16-/m1/s1. The molecule has 3 rings (SSSR count). The van der Waals surface area contributed by atoms with E-state index >= 15 is 0 Å². The van der Waals surface area contributed by atoms with Crippen LogP contribution in [0.4, 0.5) is 11.4 Å². The fourth-order valence-corrected chi connectivity index (χ4v) is 2.24. The summed E-state index contributed by atoms with van der Waals surface area (Å²) in [4.78, 5) is 14.0. The van der Waals surface area contributed by atoms with Crippen LogP contribution in [-0.4, -0.2) is 19.0 Å². The number of nitrogens with one attached hydrogen (secondary N) is 1. The Bertz CT molecular complexity index is 698. The Morgan fingerprint density at radius 3 is 2.55 bits per heavy atom. The number of para-hydroxylation sites is 2. The fourth-order valence-electron chi connectivity index (χ4n) is 2.24. The van der Waals surface area contributed by atoms with Gasteiger partial charge in [-0.15, -0.1) is 0 Å². The van der Waals surface area contributed by atoms with Crippen LogP contribution in [0.2, 0.25) is 0 Å². The van der Waals surface area contributed by atoms with Gasteiger partial charge < -0.3 is 10.2 Å². The van der Waals surface area contributed by atoms with Gasteiger partial charge in [0.2, 0.25) is 0 Å². The van der Waals surface area contributed by atoms with Crippen molar-refractivity contribution in [2.45, 2.75) is 6.04 Å². The Morgan fingerprint density at radius 1 is 1.05 bits per heavy atom. The van der Waals surface area contributed by atoms with E-state index in [9.17, 15) is 4.79 Å². The zero-order valence-electron chi connectivity index (χ0n) is 11.1. The van der Waals surface area contributed by atoms with E-state index in [1.807, 2.05) is 66.5 Å². The van der Waals surface area contributed by atoms with Gasteiger partial charge in [-0.25, -0.2) is 0 Å². The first kappa shape index (κ1) is 12.3. The molecule has 98 valence electrons.